The van der Waals surface area contributed by atoms with Crippen LogP contribution in [0.2, 0.25) is 0 Å². The van der Waals surface area contributed by atoms with Crippen molar-refractivity contribution in [1.82, 2.24) is 5.06 Å². The molecule has 1 aliphatic heterocycles. The van der Waals surface area contributed by atoms with E-state index in [1.807, 2.05) is 0 Å². The van der Waals surface area contributed by atoms with Crippen LogP contribution in [0.5, 0.6) is 0 Å². The van der Waals surface area contributed by atoms with Gasteiger partial charge in [-0.15, -0.1) is 0 Å². The smallest absolute Gasteiger partial charge is 0.105 e. The third-order valence-electron chi connectivity index (χ3n) is 5.65. The molecule has 2 rings (SSSR count). The second kappa shape index (κ2) is 7.64. The van der Waals surface area contributed by atoms with Crippen molar-refractivity contribution in [2.75, 3.05) is 0 Å². The van der Waals surface area contributed by atoms with Gasteiger partial charge in [0.15, 0.2) is 0 Å². The monoisotopic (exact) mass is 358 g/mol. The average Bonchev–Trinajstić information content (AvgIpc) is 2.48. The molecule has 0 aliphatic carbocycles. The van der Waals surface area contributed by atoms with Crippen molar-refractivity contribution in [3.63, 3.8) is 0 Å². The molecular weight excluding hydrogens is 318 g/mol. The molecule has 1 saturated heterocycles. The molecule has 0 amide bonds. The molecule has 1 unspecified atom stereocenters. The number of nitrogens with zero attached hydrogens (tertiary/aromatic N) is 1. The first-order valence-corrected chi connectivity index (χ1v) is 10.2. The Morgan fingerprint density at radius 1 is 1.00 bits per heavy atom. The summed E-state index contributed by atoms with van der Waals surface area (Å²) in [4.78, 5) is 6.76. The Morgan fingerprint density at radius 2 is 1.50 bits per heavy atom. The summed E-state index contributed by atoms with van der Waals surface area (Å²) in [5.74, 6) is 1.41. The first kappa shape index (κ1) is 21.4. The maximum atomic E-state index is 6.76. The van der Waals surface area contributed by atoms with Gasteiger partial charge in [0.25, 0.3) is 0 Å². The van der Waals surface area contributed by atoms with E-state index in [1.165, 1.54) is 36.3 Å². The van der Waals surface area contributed by atoms with E-state index in [0.717, 1.165) is 6.42 Å². The van der Waals surface area contributed by atoms with Crippen molar-refractivity contribution in [2.45, 2.75) is 111 Å². The summed E-state index contributed by atoms with van der Waals surface area (Å²) in [6.07, 6.45) is 4.66. The fourth-order valence-corrected chi connectivity index (χ4v) is 4.17. The van der Waals surface area contributed by atoms with Gasteiger partial charge in [0.1, 0.15) is 6.10 Å². The molecule has 1 atom stereocenters. The molecule has 1 aliphatic rings. The fourth-order valence-electron chi connectivity index (χ4n) is 4.17. The van der Waals surface area contributed by atoms with E-state index in [0.29, 0.717) is 0 Å². The molecule has 0 N–H and O–H groups in total. The van der Waals surface area contributed by atoms with Crippen molar-refractivity contribution in [3.05, 3.63) is 41.3 Å². The number of benzene rings is 1. The van der Waals surface area contributed by atoms with Gasteiger partial charge in [-0.3, -0.25) is 4.84 Å². The highest BCUT2D eigenvalue weighted by molar-refractivity contribution is 5.29. The first-order chi connectivity index (χ1) is 11.8. The molecule has 1 aromatic rings. The van der Waals surface area contributed by atoms with Crippen LogP contribution in [-0.2, 0) is 10.3 Å². The third kappa shape index (κ3) is 5.10. The van der Waals surface area contributed by atoms with Gasteiger partial charge in [-0.05, 0) is 75.8 Å². The minimum atomic E-state index is 0.0625. The second-order valence-electron chi connectivity index (χ2n) is 10.7. The lowest BCUT2D eigenvalue weighted by Crippen LogP contribution is -2.58. The molecule has 147 valence electrons. The SMILES string of the molecule is C[C](C)CC(ON1C(C)(C)CCCC1(C)C)c1ccc(C(C)(C)C)cc1. The zero-order chi connectivity index (χ0) is 19.8. The van der Waals surface area contributed by atoms with E-state index in [4.69, 9.17) is 4.84 Å². The highest BCUT2D eigenvalue weighted by atomic mass is 16.7. The summed E-state index contributed by atoms with van der Waals surface area (Å²) >= 11 is 0. The van der Waals surface area contributed by atoms with Crippen LogP contribution in [0.25, 0.3) is 0 Å². The number of hydrogen-bond acceptors (Lipinski definition) is 2. The molecule has 0 bridgehead atoms. The van der Waals surface area contributed by atoms with Crippen LogP contribution in [0.3, 0.4) is 0 Å². The lowest BCUT2D eigenvalue weighted by molar-refractivity contribution is -0.307. The Kier molecular flexibility index (Phi) is 6.30. The molecule has 1 radical (unpaired) electrons. The summed E-state index contributed by atoms with van der Waals surface area (Å²) in [6, 6.07) is 9.06. The predicted molar refractivity (Wildman–Crippen MR) is 112 cm³/mol. The maximum Gasteiger partial charge on any atom is 0.105 e. The zero-order valence-electron chi connectivity index (χ0n) is 18.6. The van der Waals surface area contributed by atoms with Crippen LogP contribution < -0.4 is 0 Å². The Labute approximate surface area is 162 Å². The van der Waals surface area contributed by atoms with E-state index in [-0.39, 0.29) is 22.6 Å². The molecule has 2 nitrogen and oxygen atoms in total. The van der Waals surface area contributed by atoms with Gasteiger partial charge < -0.3 is 0 Å². The van der Waals surface area contributed by atoms with Crippen molar-refractivity contribution < 1.29 is 4.84 Å². The molecule has 2 heteroatoms. The highest BCUT2D eigenvalue weighted by Gasteiger charge is 2.43. The van der Waals surface area contributed by atoms with E-state index in [2.05, 4.69) is 91.6 Å². The Morgan fingerprint density at radius 3 is 1.92 bits per heavy atom. The maximum absolute atomic E-state index is 6.76. The van der Waals surface area contributed by atoms with Gasteiger partial charge in [-0.1, -0.05) is 58.9 Å². The van der Waals surface area contributed by atoms with Crippen LogP contribution in [0.1, 0.15) is 105 Å². The fraction of sp³-hybridized carbons (Fsp3) is 0.708. The van der Waals surface area contributed by atoms with Crippen LogP contribution in [-0.4, -0.2) is 16.1 Å². The Hall–Kier alpha value is -0.860. The molecule has 1 fully saturated rings. The summed E-state index contributed by atoms with van der Waals surface area (Å²) < 4.78 is 0. The second-order valence-corrected chi connectivity index (χ2v) is 10.7. The molecule has 1 aromatic carbocycles. The number of rotatable bonds is 5. The van der Waals surface area contributed by atoms with Gasteiger partial charge >= 0.3 is 0 Å². The van der Waals surface area contributed by atoms with E-state index < -0.39 is 0 Å². The van der Waals surface area contributed by atoms with Crippen LogP contribution >= 0.6 is 0 Å². The number of hydroxylamine groups is 2. The van der Waals surface area contributed by atoms with Gasteiger partial charge in [0.2, 0.25) is 0 Å². The van der Waals surface area contributed by atoms with E-state index in [1.54, 1.807) is 0 Å². The lowest BCUT2D eigenvalue weighted by Gasteiger charge is -2.52. The van der Waals surface area contributed by atoms with Crippen molar-refractivity contribution in [1.29, 1.82) is 0 Å². The molecule has 0 saturated carbocycles. The Bertz CT molecular complexity index is 561. The highest BCUT2D eigenvalue weighted by Crippen LogP contribution is 2.41. The molecule has 0 spiro atoms. The van der Waals surface area contributed by atoms with Crippen molar-refractivity contribution in [3.8, 4) is 0 Å². The average molecular weight is 359 g/mol. The molecule has 0 aromatic heterocycles. The zero-order valence-corrected chi connectivity index (χ0v) is 18.6. The minimum Gasteiger partial charge on any atom is -0.290 e. The van der Waals surface area contributed by atoms with Crippen molar-refractivity contribution in [2.24, 2.45) is 0 Å². The van der Waals surface area contributed by atoms with Crippen molar-refractivity contribution >= 4 is 0 Å². The standard InChI is InChI=1S/C24H40NO/c1-18(2)17-21(19-11-13-20(14-12-19)22(3,4)5)26-25-23(6,7)15-10-16-24(25,8)9/h11-14,21H,10,15-17H2,1-9H3. The third-order valence-corrected chi connectivity index (χ3v) is 5.65. The van der Waals surface area contributed by atoms with Gasteiger partial charge in [-0.2, -0.15) is 5.06 Å². The summed E-state index contributed by atoms with van der Waals surface area (Å²) in [5, 5.41) is 2.30. The van der Waals surface area contributed by atoms with Crippen LogP contribution in [0, 0.1) is 5.92 Å². The van der Waals surface area contributed by atoms with Gasteiger partial charge in [0, 0.05) is 11.1 Å². The van der Waals surface area contributed by atoms with Gasteiger partial charge in [-0.25, -0.2) is 0 Å². The lowest BCUT2D eigenvalue weighted by atomic mass is 9.82. The number of piperidine rings is 1. The summed E-state index contributed by atoms with van der Waals surface area (Å²) in [5.41, 5.74) is 2.95. The van der Waals surface area contributed by atoms with E-state index >= 15 is 0 Å². The summed E-state index contributed by atoms with van der Waals surface area (Å²) in [7, 11) is 0. The summed E-state index contributed by atoms with van der Waals surface area (Å²) in [6.45, 7) is 20.5. The largest absolute Gasteiger partial charge is 0.290 e. The van der Waals surface area contributed by atoms with Gasteiger partial charge in [0.05, 0.1) is 0 Å². The Balaban J connectivity index is 2.29. The quantitative estimate of drug-likeness (QED) is 0.561. The van der Waals surface area contributed by atoms with Crippen LogP contribution in [0.15, 0.2) is 24.3 Å². The van der Waals surface area contributed by atoms with E-state index in [9.17, 15) is 0 Å². The molecule has 1 heterocycles. The first-order valence-electron chi connectivity index (χ1n) is 10.2. The minimum absolute atomic E-state index is 0.0625. The topological polar surface area (TPSA) is 12.5 Å². The molecular formula is C24H40NO. The van der Waals surface area contributed by atoms with Crippen LogP contribution in [0.4, 0.5) is 0 Å². The number of hydrogen-bond donors (Lipinski definition) is 0. The normalized spacial score (nSPS) is 21.8. The molecule has 26 heavy (non-hydrogen) atoms. The predicted octanol–water partition coefficient (Wildman–Crippen LogP) is 7.00.